The molecule has 2 heterocycles. The Kier molecular flexibility index (Phi) is 3.36. The highest BCUT2D eigenvalue weighted by Gasteiger charge is 2.34. The van der Waals surface area contributed by atoms with E-state index in [-0.39, 0.29) is 5.01 Å². The second-order valence-electron chi connectivity index (χ2n) is 4.55. The van der Waals surface area contributed by atoms with E-state index >= 15 is 0 Å². The number of urea groups is 1. The Bertz CT molecular complexity index is 740. The lowest BCUT2D eigenvalue weighted by Gasteiger charge is -2.07. The normalized spacial score (nSPS) is 18.2. The van der Waals surface area contributed by atoms with Gasteiger partial charge in [-0.25, -0.2) is 9.78 Å². The molecular formula is C13H8F3N3O2S. The zero-order valence-electron chi connectivity index (χ0n) is 10.8. The number of imide groups is 1. The van der Waals surface area contributed by atoms with Gasteiger partial charge in [0.25, 0.3) is 5.91 Å². The first-order chi connectivity index (χ1) is 10.3. The Morgan fingerprint density at radius 2 is 1.82 bits per heavy atom. The molecule has 0 spiro atoms. The third-order valence-electron chi connectivity index (χ3n) is 3.06. The average molecular weight is 327 g/mol. The topological polar surface area (TPSA) is 71.1 Å². The van der Waals surface area contributed by atoms with Crippen LogP contribution in [0.3, 0.4) is 0 Å². The Hall–Kier alpha value is -2.42. The van der Waals surface area contributed by atoms with Gasteiger partial charge in [0.15, 0.2) is 5.69 Å². The number of benzene rings is 1. The molecule has 0 aliphatic carbocycles. The summed E-state index contributed by atoms with van der Waals surface area (Å²) < 4.78 is 37.6. The highest BCUT2D eigenvalue weighted by Crippen LogP contribution is 2.33. The number of alkyl halides is 3. The van der Waals surface area contributed by atoms with Crippen LogP contribution in [-0.4, -0.2) is 16.9 Å². The molecule has 0 bridgehead atoms. The van der Waals surface area contributed by atoms with Crippen molar-refractivity contribution in [1.29, 1.82) is 0 Å². The molecule has 1 aromatic carbocycles. The third-order valence-corrected chi connectivity index (χ3v) is 3.95. The summed E-state index contributed by atoms with van der Waals surface area (Å²) in [5.74, 6) is -0.466. The standard InChI is InChI=1S/C13H8F3N3O2S/c14-13(15,16)8-5-22-11(17-8)7-3-1-6(2-4-7)9-10(20)19-12(21)18-9/h1-5,9H,(H2,18,19,20,21). The van der Waals surface area contributed by atoms with E-state index in [4.69, 9.17) is 0 Å². The van der Waals surface area contributed by atoms with E-state index in [0.717, 1.165) is 16.7 Å². The lowest BCUT2D eigenvalue weighted by molar-refractivity contribution is -0.140. The van der Waals surface area contributed by atoms with E-state index in [9.17, 15) is 22.8 Å². The van der Waals surface area contributed by atoms with E-state index in [1.165, 1.54) is 0 Å². The molecule has 3 amide bonds. The predicted molar refractivity (Wildman–Crippen MR) is 72.0 cm³/mol. The van der Waals surface area contributed by atoms with Gasteiger partial charge in [0.2, 0.25) is 0 Å². The number of nitrogens with one attached hydrogen (secondary N) is 2. The molecule has 1 fully saturated rings. The third kappa shape index (κ3) is 2.67. The first-order valence-electron chi connectivity index (χ1n) is 6.09. The second kappa shape index (κ2) is 5.09. The largest absolute Gasteiger partial charge is 0.434 e. The molecule has 3 rings (SSSR count). The summed E-state index contributed by atoms with van der Waals surface area (Å²) >= 11 is 0.888. The summed E-state index contributed by atoms with van der Waals surface area (Å²) in [4.78, 5) is 26.1. The quantitative estimate of drug-likeness (QED) is 0.833. The predicted octanol–water partition coefficient (Wildman–Crippen LogP) is 2.71. The molecule has 1 saturated heterocycles. The molecule has 9 heteroatoms. The van der Waals surface area contributed by atoms with Crippen molar-refractivity contribution in [1.82, 2.24) is 15.6 Å². The number of thiazole rings is 1. The number of halogens is 3. The van der Waals surface area contributed by atoms with Crippen LogP contribution in [0.25, 0.3) is 10.6 Å². The van der Waals surface area contributed by atoms with Crippen molar-refractivity contribution in [2.75, 3.05) is 0 Å². The molecule has 0 saturated carbocycles. The molecule has 1 aliphatic rings. The van der Waals surface area contributed by atoms with Crippen LogP contribution in [0.4, 0.5) is 18.0 Å². The maximum Gasteiger partial charge on any atom is 0.434 e. The van der Waals surface area contributed by atoms with Crippen molar-refractivity contribution in [3.8, 4) is 10.6 Å². The highest BCUT2D eigenvalue weighted by molar-refractivity contribution is 7.13. The van der Waals surface area contributed by atoms with Crippen LogP contribution in [-0.2, 0) is 11.0 Å². The van der Waals surface area contributed by atoms with Crippen molar-refractivity contribution >= 4 is 23.3 Å². The minimum absolute atomic E-state index is 0.235. The van der Waals surface area contributed by atoms with E-state index < -0.39 is 29.9 Å². The summed E-state index contributed by atoms with van der Waals surface area (Å²) in [5.41, 5.74) is 0.118. The number of carbonyl (C=O) groups is 2. The van der Waals surface area contributed by atoms with Crippen LogP contribution in [0.5, 0.6) is 0 Å². The number of carbonyl (C=O) groups excluding carboxylic acids is 2. The number of amides is 3. The summed E-state index contributed by atoms with van der Waals surface area (Å²) in [6.45, 7) is 0. The van der Waals surface area contributed by atoms with Gasteiger partial charge in [-0.2, -0.15) is 13.2 Å². The van der Waals surface area contributed by atoms with Gasteiger partial charge in [0.1, 0.15) is 11.0 Å². The molecule has 114 valence electrons. The van der Waals surface area contributed by atoms with Crippen molar-refractivity contribution in [2.24, 2.45) is 0 Å². The van der Waals surface area contributed by atoms with Crippen molar-refractivity contribution < 1.29 is 22.8 Å². The fourth-order valence-corrected chi connectivity index (χ4v) is 2.84. The molecule has 0 radical (unpaired) electrons. The van der Waals surface area contributed by atoms with Crippen molar-refractivity contribution in [3.63, 3.8) is 0 Å². The summed E-state index contributed by atoms with van der Waals surface area (Å²) in [7, 11) is 0. The molecule has 5 nitrogen and oxygen atoms in total. The van der Waals surface area contributed by atoms with Crippen LogP contribution in [0.15, 0.2) is 29.6 Å². The molecule has 1 aliphatic heterocycles. The van der Waals surface area contributed by atoms with E-state index in [2.05, 4.69) is 15.6 Å². The smallest absolute Gasteiger partial charge is 0.322 e. The molecule has 1 atom stereocenters. The van der Waals surface area contributed by atoms with Gasteiger partial charge in [0, 0.05) is 10.9 Å². The fourth-order valence-electron chi connectivity index (χ4n) is 2.01. The average Bonchev–Trinajstić information content (AvgIpc) is 3.05. The minimum atomic E-state index is -4.47. The molecular weight excluding hydrogens is 319 g/mol. The number of rotatable bonds is 2. The molecule has 22 heavy (non-hydrogen) atoms. The molecule has 2 N–H and O–H groups in total. The van der Waals surface area contributed by atoms with Gasteiger partial charge in [-0.3, -0.25) is 10.1 Å². The van der Waals surface area contributed by atoms with Gasteiger partial charge < -0.3 is 5.32 Å². The number of hydrogen-bond acceptors (Lipinski definition) is 4. The van der Waals surface area contributed by atoms with Gasteiger partial charge in [-0.15, -0.1) is 11.3 Å². The Labute approximate surface area is 126 Å². The van der Waals surface area contributed by atoms with Crippen LogP contribution in [0.2, 0.25) is 0 Å². The lowest BCUT2D eigenvalue weighted by atomic mass is 10.1. The van der Waals surface area contributed by atoms with Crippen LogP contribution >= 0.6 is 11.3 Å². The monoisotopic (exact) mass is 327 g/mol. The van der Waals surface area contributed by atoms with Gasteiger partial charge in [0.05, 0.1) is 0 Å². The number of nitrogens with zero attached hydrogens (tertiary/aromatic N) is 1. The zero-order valence-corrected chi connectivity index (χ0v) is 11.6. The SMILES string of the molecule is O=C1NC(=O)C(c2ccc(-c3nc(C(F)(F)F)cs3)cc2)N1. The number of hydrogen-bond donors (Lipinski definition) is 2. The maximum atomic E-state index is 12.5. The first kappa shape index (κ1) is 14.5. The van der Waals surface area contributed by atoms with Gasteiger partial charge in [-0.05, 0) is 5.56 Å². The Balaban J connectivity index is 1.84. The zero-order chi connectivity index (χ0) is 15.9. The lowest BCUT2D eigenvalue weighted by Crippen LogP contribution is -2.22. The van der Waals surface area contributed by atoms with Crippen molar-refractivity contribution in [3.05, 3.63) is 40.9 Å². The van der Waals surface area contributed by atoms with Crippen LogP contribution in [0.1, 0.15) is 17.3 Å². The van der Waals surface area contributed by atoms with Crippen LogP contribution < -0.4 is 10.6 Å². The van der Waals surface area contributed by atoms with E-state index in [1.807, 2.05) is 0 Å². The fraction of sp³-hybridized carbons (Fsp3) is 0.154. The van der Waals surface area contributed by atoms with Gasteiger partial charge in [-0.1, -0.05) is 24.3 Å². The summed E-state index contributed by atoms with van der Waals surface area (Å²) in [6, 6.07) is 4.90. The Morgan fingerprint density at radius 1 is 1.14 bits per heavy atom. The second-order valence-corrected chi connectivity index (χ2v) is 5.41. The summed E-state index contributed by atoms with van der Waals surface area (Å²) in [5, 5.41) is 5.74. The van der Waals surface area contributed by atoms with Crippen LogP contribution in [0, 0.1) is 0 Å². The van der Waals surface area contributed by atoms with Crippen molar-refractivity contribution in [2.45, 2.75) is 12.2 Å². The first-order valence-corrected chi connectivity index (χ1v) is 6.97. The molecule has 1 unspecified atom stereocenters. The maximum absolute atomic E-state index is 12.5. The highest BCUT2D eigenvalue weighted by atomic mass is 32.1. The Morgan fingerprint density at radius 3 is 2.32 bits per heavy atom. The van der Waals surface area contributed by atoms with E-state index in [0.29, 0.717) is 11.1 Å². The summed E-state index contributed by atoms with van der Waals surface area (Å²) in [6.07, 6.45) is -4.47. The molecule has 1 aromatic heterocycles. The van der Waals surface area contributed by atoms with E-state index in [1.54, 1.807) is 24.3 Å². The number of aromatic nitrogens is 1. The molecule has 2 aromatic rings. The van der Waals surface area contributed by atoms with Gasteiger partial charge >= 0.3 is 12.2 Å². The minimum Gasteiger partial charge on any atom is -0.322 e.